The van der Waals surface area contributed by atoms with Crippen LogP contribution in [-0.2, 0) is 11.3 Å². The highest BCUT2D eigenvalue weighted by Crippen LogP contribution is 2.10. The zero-order valence-electron chi connectivity index (χ0n) is 10.9. The second kappa shape index (κ2) is 5.96. The third-order valence-electron chi connectivity index (χ3n) is 3.46. The molecule has 0 spiro atoms. The van der Waals surface area contributed by atoms with E-state index in [1.165, 1.54) is 5.56 Å². The molecule has 2 rings (SSSR count). The maximum absolute atomic E-state index is 12.0. The van der Waals surface area contributed by atoms with Crippen molar-refractivity contribution in [3.63, 3.8) is 0 Å². The molecule has 1 aliphatic rings. The molecule has 0 radical (unpaired) electrons. The Hall–Kier alpha value is -1.42. The quantitative estimate of drug-likeness (QED) is 0.800. The predicted octanol–water partition coefficient (Wildman–Crippen LogP) is 0.656. The van der Waals surface area contributed by atoms with Gasteiger partial charge in [0.1, 0.15) is 0 Å². The van der Waals surface area contributed by atoms with E-state index in [1.54, 1.807) is 0 Å². The lowest BCUT2D eigenvalue weighted by molar-refractivity contribution is -0.696. The van der Waals surface area contributed by atoms with Crippen LogP contribution in [0.1, 0.15) is 24.8 Å². The number of pyridine rings is 1. The minimum Gasteiger partial charge on any atom is -0.393 e. The van der Waals surface area contributed by atoms with Crippen LogP contribution in [0.2, 0.25) is 0 Å². The van der Waals surface area contributed by atoms with Crippen molar-refractivity contribution in [1.82, 2.24) is 4.90 Å². The Balaban J connectivity index is 1.79. The molecule has 1 fully saturated rings. The van der Waals surface area contributed by atoms with Gasteiger partial charge in [0.15, 0.2) is 18.9 Å². The molecule has 1 aliphatic heterocycles. The third-order valence-corrected chi connectivity index (χ3v) is 3.46. The Morgan fingerprint density at radius 1 is 1.39 bits per heavy atom. The molecule has 1 saturated heterocycles. The lowest BCUT2D eigenvalue weighted by atomic mass is 10.1. The van der Waals surface area contributed by atoms with Crippen molar-refractivity contribution < 1.29 is 14.5 Å². The SMILES string of the molecule is Cc1cc[n+](CCC(=O)N2CCC(O)CC2)cc1. The summed E-state index contributed by atoms with van der Waals surface area (Å²) in [4.78, 5) is 13.8. The molecular weight excluding hydrogens is 228 g/mol. The number of aliphatic hydroxyl groups excluding tert-OH is 1. The van der Waals surface area contributed by atoms with Crippen molar-refractivity contribution in [3.8, 4) is 0 Å². The lowest BCUT2D eigenvalue weighted by Gasteiger charge is -2.29. The lowest BCUT2D eigenvalue weighted by Crippen LogP contribution is -2.42. The minimum atomic E-state index is -0.222. The third kappa shape index (κ3) is 3.53. The highest BCUT2D eigenvalue weighted by molar-refractivity contribution is 5.76. The van der Waals surface area contributed by atoms with E-state index in [1.807, 2.05) is 34.0 Å². The molecule has 0 aromatic carbocycles. The van der Waals surface area contributed by atoms with Crippen molar-refractivity contribution in [2.45, 2.75) is 38.8 Å². The van der Waals surface area contributed by atoms with Gasteiger partial charge in [-0.15, -0.1) is 0 Å². The van der Waals surface area contributed by atoms with Crippen LogP contribution in [0.15, 0.2) is 24.5 Å². The number of carbonyl (C=O) groups excluding carboxylic acids is 1. The highest BCUT2D eigenvalue weighted by atomic mass is 16.3. The Morgan fingerprint density at radius 3 is 2.61 bits per heavy atom. The molecular formula is C14H21N2O2+. The molecule has 0 unspecified atom stereocenters. The van der Waals surface area contributed by atoms with Crippen molar-refractivity contribution in [2.24, 2.45) is 0 Å². The normalized spacial score (nSPS) is 16.9. The van der Waals surface area contributed by atoms with Gasteiger partial charge in [-0.1, -0.05) is 0 Å². The molecule has 18 heavy (non-hydrogen) atoms. The van der Waals surface area contributed by atoms with Crippen LogP contribution in [0.4, 0.5) is 0 Å². The van der Waals surface area contributed by atoms with Gasteiger partial charge >= 0.3 is 0 Å². The summed E-state index contributed by atoms with van der Waals surface area (Å²) < 4.78 is 2.03. The molecule has 98 valence electrons. The largest absolute Gasteiger partial charge is 0.393 e. The Morgan fingerprint density at radius 2 is 2.00 bits per heavy atom. The van der Waals surface area contributed by atoms with E-state index < -0.39 is 0 Å². The molecule has 1 aromatic heterocycles. The van der Waals surface area contributed by atoms with Crippen LogP contribution in [0.5, 0.6) is 0 Å². The number of hydrogen-bond donors (Lipinski definition) is 1. The fourth-order valence-electron chi connectivity index (χ4n) is 2.18. The van der Waals surface area contributed by atoms with Crippen LogP contribution < -0.4 is 4.57 Å². The number of aryl methyl sites for hydroxylation is 2. The van der Waals surface area contributed by atoms with Crippen LogP contribution in [-0.4, -0.2) is 35.1 Å². The molecule has 1 aromatic rings. The number of nitrogens with zero attached hydrogens (tertiary/aromatic N) is 2. The number of hydrogen-bond acceptors (Lipinski definition) is 2. The summed E-state index contributed by atoms with van der Waals surface area (Å²) in [5, 5.41) is 9.40. The standard InChI is InChI=1S/C14H21N2O2/c1-12-2-7-15(8-3-12)9-6-14(18)16-10-4-13(17)5-11-16/h2-3,7-8,13,17H,4-6,9-11H2,1H3/q+1. The Bertz CT molecular complexity index is 395. The van der Waals surface area contributed by atoms with E-state index in [9.17, 15) is 9.90 Å². The first-order chi connectivity index (χ1) is 8.65. The van der Waals surface area contributed by atoms with E-state index in [0.717, 1.165) is 6.54 Å². The van der Waals surface area contributed by atoms with Crippen molar-refractivity contribution in [2.75, 3.05) is 13.1 Å². The second-order valence-electron chi connectivity index (χ2n) is 4.98. The topological polar surface area (TPSA) is 44.4 Å². The second-order valence-corrected chi connectivity index (χ2v) is 4.98. The van der Waals surface area contributed by atoms with Gasteiger partial charge in [-0.2, -0.15) is 0 Å². The molecule has 0 bridgehead atoms. The average Bonchev–Trinajstić information content (AvgIpc) is 2.38. The summed E-state index contributed by atoms with van der Waals surface area (Å²) >= 11 is 0. The number of rotatable bonds is 3. The first kappa shape index (κ1) is 13.0. The predicted molar refractivity (Wildman–Crippen MR) is 67.8 cm³/mol. The Labute approximate surface area is 108 Å². The summed E-state index contributed by atoms with van der Waals surface area (Å²) in [6, 6.07) is 4.09. The van der Waals surface area contributed by atoms with E-state index >= 15 is 0 Å². The van der Waals surface area contributed by atoms with Crippen LogP contribution in [0, 0.1) is 6.92 Å². The maximum Gasteiger partial charge on any atom is 0.228 e. The number of aliphatic hydroxyl groups is 1. The van der Waals surface area contributed by atoms with Crippen molar-refractivity contribution in [1.29, 1.82) is 0 Å². The maximum atomic E-state index is 12.0. The van der Waals surface area contributed by atoms with Gasteiger partial charge in [0.05, 0.1) is 12.5 Å². The van der Waals surface area contributed by atoms with Crippen LogP contribution in [0.25, 0.3) is 0 Å². The highest BCUT2D eigenvalue weighted by Gasteiger charge is 2.21. The zero-order valence-corrected chi connectivity index (χ0v) is 10.9. The molecule has 1 N–H and O–H groups in total. The molecule has 4 heteroatoms. The average molecular weight is 249 g/mol. The minimum absolute atomic E-state index is 0.190. The van der Waals surface area contributed by atoms with E-state index in [-0.39, 0.29) is 12.0 Å². The first-order valence-electron chi connectivity index (χ1n) is 6.57. The van der Waals surface area contributed by atoms with Gasteiger partial charge in [0, 0.05) is 25.2 Å². The van der Waals surface area contributed by atoms with Gasteiger partial charge in [0.2, 0.25) is 5.91 Å². The molecule has 0 aliphatic carbocycles. The van der Waals surface area contributed by atoms with Crippen LogP contribution in [0.3, 0.4) is 0 Å². The summed E-state index contributed by atoms with van der Waals surface area (Å²) in [6.07, 6.45) is 5.74. The number of amides is 1. The van der Waals surface area contributed by atoms with Crippen molar-refractivity contribution >= 4 is 5.91 Å². The number of carbonyl (C=O) groups is 1. The van der Waals surface area contributed by atoms with Crippen LogP contribution >= 0.6 is 0 Å². The van der Waals surface area contributed by atoms with Crippen molar-refractivity contribution in [3.05, 3.63) is 30.1 Å². The molecule has 0 atom stereocenters. The fourth-order valence-corrected chi connectivity index (χ4v) is 2.18. The monoisotopic (exact) mass is 249 g/mol. The van der Waals surface area contributed by atoms with Gasteiger partial charge < -0.3 is 10.0 Å². The van der Waals surface area contributed by atoms with Gasteiger partial charge in [-0.05, 0) is 25.3 Å². The molecule has 0 saturated carbocycles. The number of likely N-dealkylation sites (tertiary alicyclic amines) is 1. The van der Waals surface area contributed by atoms with Gasteiger partial charge in [-0.3, -0.25) is 4.79 Å². The van der Waals surface area contributed by atoms with Gasteiger partial charge in [-0.25, -0.2) is 4.57 Å². The number of piperidine rings is 1. The molecule has 2 heterocycles. The summed E-state index contributed by atoms with van der Waals surface area (Å²) in [5.74, 6) is 0.190. The summed E-state index contributed by atoms with van der Waals surface area (Å²) in [7, 11) is 0. The van der Waals surface area contributed by atoms with E-state index in [0.29, 0.717) is 32.4 Å². The molecule has 4 nitrogen and oxygen atoms in total. The number of aromatic nitrogens is 1. The van der Waals surface area contributed by atoms with E-state index in [4.69, 9.17) is 0 Å². The fraction of sp³-hybridized carbons (Fsp3) is 0.571. The van der Waals surface area contributed by atoms with E-state index in [2.05, 4.69) is 6.92 Å². The summed E-state index contributed by atoms with van der Waals surface area (Å²) in [5.41, 5.74) is 1.22. The first-order valence-corrected chi connectivity index (χ1v) is 6.57. The van der Waals surface area contributed by atoms with Gasteiger partial charge in [0.25, 0.3) is 0 Å². The summed E-state index contributed by atoms with van der Waals surface area (Å²) in [6.45, 7) is 4.16. The smallest absolute Gasteiger partial charge is 0.228 e. The zero-order chi connectivity index (χ0) is 13.0. The molecule has 1 amide bonds. The Kier molecular flexibility index (Phi) is 4.31.